The Labute approximate surface area is 149 Å². The maximum Gasteiger partial charge on any atom is 0.300 e. The zero-order chi connectivity index (χ0) is 21.7. The van der Waals surface area contributed by atoms with Crippen LogP contribution >= 0.6 is 0 Å². The van der Waals surface area contributed by atoms with Gasteiger partial charge in [-0.05, 0) is 0 Å². The topological polar surface area (TPSA) is 183 Å². The second-order valence-electron chi connectivity index (χ2n) is 3.98. The highest BCUT2D eigenvalue weighted by molar-refractivity contribution is 5.79. The van der Waals surface area contributed by atoms with Gasteiger partial charge < -0.3 is 20.4 Å². The molecule has 10 heteroatoms. The van der Waals surface area contributed by atoms with Gasteiger partial charge in [0.2, 0.25) is 0 Å². The highest BCUT2D eigenvalue weighted by Crippen LogP contribution is 1.98. The minimum atomic E-state index is -0.833. The van der Waals surface area contributed by atoms with Gasteiger partial charge in [-0.15, -0.1) is 0 Å². The zero-order valence-electron chi connectivity index (χ0n) is 14.7. The maximum atomic E-state index is 10.1. The van der Waals surface area contributed by atoms with Crippen molar-refractivity contribution in [2.24, 2.45) is 0 Å². The van der Waals surface area contributed by atoms with Crippen LogP contribution in [0.5, 0.6) is 0 Å². The van der Waals surface area contributed by atoms with Gasteiger partial charge in [0.15, 0.2) is 0 Å². The summed E-state index contributed by atoms with van der Waals surface area (Å²) in [5.41, 5.74) is 1.18. The van der Waals surface area contributed by atoms with E-state index in [-0.39, 0.29) is 0 Å². The molecule has 0 atom stereocenters. The Bertz CT molecular complexity index is 470. The van der Waals surface area contributed by atoms with E-state index in [4.69, 9.17) is 39.6 Å². The van der Waals surface area contributed by atoms with Crippen LogP contribution in [0.1, 0.15) is 48.4 Å². The third kappa shape index (κ3) is 70.9. The van der Waals surface area contributed by atoms with Crippen LogP contribution in [0.3, 0.4) is 0 Å². The lowest BCUT2D eigenvalue weighted by Crippen LogP contribution is -1.81. The molecule has 0 aliphatic heterocycles. The van der Waals surface area contributed by atoms with Crippen LogP contribution in [0.2, 0.25) is 0 Å². The van der Waals surface area contributed by atoms with Gasteiger partial charge in [0.05, 0.1) is 0 Å². The second kappa shape index (κ2) is 21.4. The number of aliphatic carboxylic acids is 4. The average Bonchev–Trinajstić information content (AvgIpc) is 2.45. The largest absolute Gasteiger partial charge is 0.481 e. The molecule has 26 heavy (non-hydrogen) atoms. The summed E-state index contributed by atoms with van der Waals surface area (Å²) in [6, 6.07) is 6.43. The van der Waals surface area contributed by atoms with Crippen molar-refractivity contribution in [3.63, 3.8) is 0 Å². The minimum absolute atomic E-state index is 0.589. The van der Waals surface area contributed by atoms with Gasteiger partial charge >= 0.3 is 0 Å². The van der Waals surface area contributed by atoms with E-state index in [1.807, 2.05) is 0 Å². The molecule has 0 fully saturated rings. The first-order valence-electron chi connectivity index (χ1n) is 6.58. The lowest BCUT2D eigenvalue weighted by atomic mass is 10.2. The summed E-state index contributed by atoms with van der Waals surface area (Å²) < 4.78 is 0. The lowest BCUT2D eigenvalue weighted by Gasteiger charge is -1.88. The molecule has 0 aromatic heterocycles. The third-order valence-electron chi connectivity index (χ3n) is 1.21. The predicted molar refractivity (Wildman–Crippen MR) is 90.5 cm³/mol. The lowest BCUT2D eigenvalue weighted by molar-refractivity contribution is -0.135. The van der Waals surface area contributed by atoms with Gasteiger partial charge in [-0.1, -0.05) is 24.3 Å². The predicted octanol–water partition coefficient (Wildman–Crippen LogP) is 1.68. The molecule has 0 saturated carbocycles. The van der Waals surface area contributed by atoms with Crippen molar-refractivity contribution in [2.75, 3.05) is 0 Å². The Morgan fingerprint density at radius 2 is 0.692 bits per heavy atom. The average molecular weight is 374 g/mol. The summed E-state index contributed by atoms with van der Waals surface area (Å²) in [6.45, 7) is 4.33. The summed E-state index contributed by atoms with van der Waals surface area (Å²) in [4.78, 5) is 56.2. The standard InChI is InChI=1S/C8H6O2.4C2H4O2/c9-5-7-1-2-8(6-10)4-3-7;4*1-2(3)4/h1-6H;4*1H3,(H,3,4). The van der Waals surface area contributed by atoms with Crippen molar-refractivity contribution in [1.29, 1.82) is 0 Å². The Morgan fingerprint density at radius 3 is 0.769 bits per heavy atom. The molecular weight excluding hydrogens is 352 g/mol. The van der Waals surface area contributed by atoms with Gasteiger partial charge in [0.1, 0.15) is 12.6 Å². The fourth-order valence-electron chi connectivity index (χ4n) is 0.653. The summed E-state index contributed by atoms with van der Waals surface area (Å²) in [5.74, 6) is -3.33. The number of carboxylic acids is 4. The smallest absolute Gasteiger partial charge is 0.300 e. The second-order valence-corrected chi connectivity index (χ2v) is 3.98. The molecule has 0 unspecified atom stereocenters. The van der Waals surface area contributed by atoms with Crippen LogP contribution in [-0.2, 0) is 19.2 Å². The quantitative estimate of drug-likeness (QED) is 0.555. The first-order chi connectivity index (χ1) is 11.8. The Kier molecular flexibility index (Phi) is 25.0. The highest BCUT2D eigenvalue weighted by atomic mass is 16.4. The number of hydrogen-bond donors (Lipinski definition) is 4. The molecule has 0 heterocycles. The van der Waals surface area contributed by atoms with E-state index >= 15 is 0 Å². The van der Waals surface area contributed by atoms with Crippen LogP contribution in [0.25, 0.3) is 0 Å². The van der Waals surface area contributed by atoms with Gasteiger partial charge in [-0.3, -0.25) is 28.8 Å². The van der Waals surface area contributed by atoms with E-state index in [2.05, 4.69) is 0 Å². The molecule has 0 bridgehead atoms. The molecule has 0 amide bonds. The fourth-order valence-corrected chi connectivity index (χ4v) is 0.653. The summed E-state index contributed by atoms with van der Waals surface area (Å²) in [5, 5.41) is 29.7. The normalized spacial score (nSPS) is 7.23. The molecule has 0 spiro atoms. The van der Waals surface area contributed by atoms with Crippen LogP contribution in [0, 0.1) is 0 Å². The number of rotatable bonds is 2. The van der Waals surface area contributed by atoms with Crippen molar-refractivity contribution < 1.29 is 49.2 Å². The van der Waals surface area contributed by atoms with Crippen LogP contribution in [0.4, 0.5) is 0 Å². The molecule has 4 N–H and O–H groups in total. The summed E-state index contributed by atoms with van der Waals surface area (Å²) >= 11 is 0. The van der Waals surface area contributed by atoms with E-state index in [1.54, 1.807) is 24.3 Å². The van der Waals surface area contributed by atoms with Gasteiger partial charge in [0.25, 0.3) is 23.9 Å². The van der Waals surface area contributed by atoms with Gasteiger partial charge in [-0.2, -0.15) is 0 Å². The number of aldehydes is 2. The van der Waals surface area contributed by atoms with Crippen molar-refractivity contribution in [3.05, 3.63) is 35.4 Å². The Morgan fingerprint density at radius 1 is 0.577 bits per heavy atom. The van der Waals surface area contributed by atoms with E-state index < -0.39 is 23.9 Å². The summed E-state index contributed by atoms with van der Waals surface area (Å²) in [6.07, 6.45) is 1.49. The van der Waals surface area contributed by atoms with E-state index in [0.717, 1.165) is 40.3 Å². The number of carbonyl (C=O) groups excluding carboxylic acids is 2. The number of carboxylic acid groups (broad SMARTS) is 4. The van der Waals surface area contributed by atoms with Crippen molar-refractivity contribution in [3.8, 4) is 0 Å². The SMILES string of the molecule is CC(=O)O.CC(=O)O.CC(=O)O.CC(=O)O.O=Cc1ccc(C=O)cc1. The first kappa shape index (κ1) is 30.3. The molecule has 1 rings (SSSR count). The van der Waals surface area contributed by atoms with E-state index in [9.17, 15) is 9.59 Å². The van der Waals surface area contributed by atoms with Crippen molar-refractivity contribution in [2.45, 2.75) is 27.7 Å². The number of benzene rings is 1. The first-order valence-corrected chi connectivity index (χ1v) is 6.58. The molecule has 0 saturated heterocycles. The number of carbonyl (C=O) groups is 6. The van der Waals surface area contributed by atoms with E-state index in [1.165, 1.54) is 0 Å². The van der Waals surface area contributed by atoms with Gasteiger partial charge in [0, 0.05) is 38.8 Å². The molecule has 1 aromatic rings. The minimum Gasteiger partial charge on any atom is -0.481 e. The fraction of sp³-hybridized carbons (Fsp3) is 0.250. The highest BCUT2D eigenvalue weighted by Gasteiger charge is 1.88. The molecule has 0 aliphatic rings. The number of hydrogen-bond acceptors (Lipinski definition) is 6. The molecule has 146 valence electrons. The molecular formula is C16H22O10. The van der Waals surface area contributed by atoms with Crippen LogP contribution < -0.4 is 0 Å². The van der Waals surface area contributed by atoms with Crippen LogP contribution in [0.15, 0.2) is 24.3 Å². The van der Waals surface area contributed by atoms with Crippen LogP contribution in [-0.4, -0.2) is 56.9 Å². The molecule has 1 aromatic carbocycles. The van der Waals surface area contributed by atoms with E-state index in [0.29, 0.717) is 11.1 Å². The monoisotopic (exact) mass is 374 g/mol. The molecule has 0 radical (unpaired) electrons. The third-order valence-corrected chi connectivity index (χ3v) is 1.21. The van der Waals surface area contributed by atoms with Crippen molar-refractivity contribution >= 4 is 36.4 Å². The molecule has 0 aliphatic carbocycles. The maximum absolute atomic E-state index is 10.1. The Hall–Kier alpha value is -3.56. The zero-order valence-corrected chi connectivity index (χ0v) is 14.7. The molecule has 10 nitrogen and oxygen atoms in total. The van der Waals surface area contributed by atoms with Crippen molar-refractivity contribution in [1.82, 2.24) is 0 Å². The summed E-state index contributed by atoms with van der Waals surface area (Å²) in [7, 11) is 0. The van der Waals surface area contributed by atoms with Gasteiger partial charge in [-0.25, -0.2) is 0 Å². The Balaban J connectivity index is -0.000000129.